The average Bonchev–Trinajstić information content (AvgIpc) is 2.85. The minimum absolute atomic E-state index is 0.142. The molecule has 1 unspecified atom stereocenters. The zero-order chi connectivity index (χ0) is 14.7. The third-order valence-corrected chi connectivity index (χ3v) is 2.88. The first-order chi connectivity index (χ1) is 9.49. The van der Waals surface area contributed by atoms with Gasteiger partial charge in [0, 0.05) is 12.6 Å². The van der Waals surface area contributed by atoms with E-state index in [0.717, 1.165) is 0 Å². The number of benzene rings is 1. The summed E-state index contributed by atoms with van der Waals surface area (Å²) in [5.74, 6) is -0.678. The molecule has 1 aromatic carbocycles. The fraction of sp³-hybridized carbons (Fsp3) is 0.231. The van der Waals surface area contributed by atoms with Gasteiger partial charge in [0.15, 0.2) is 5.82 Å². The average molecular weight is 274 g/mol. The van der Waals surface area contributed by atoms with Crippen molar-refractivity contribution in [2.45, 2.75) is 13.0 Å². The first-order valence-electron chi connectivity index (χ1n) is 5.97. The molecule has 0 saturated heterocycles. The Bertz CT molecular complexity index is 633. The molecule has 0 aliphatic carbocycles. The maximum absolute atomic E-state index is 12.0. The molecule has 1 amide bonds. The van der Waals surface area contributed by atoms with Crippen LogP contribution in [0.5, 0.6) is 0 Å². The molecule has 0 spiro atoms. The number of nitrogens with one attached hydrogen (secondary N) is 1. The van der Waals surface area contributed by atoms with Gasteiger partial charge in [0.1, 0.15) is 6.33 Å². The molecular weight excluding hydrogens is 260 g/mol. The standard InChI is InChI=1S/C13H14N4O3/c1-8(11-16-14-7-17(11)2)15-12(18)9-3-5-10(6-4-9)13(19)20/h3-8H,1-2H3,(H,15,18)(H,19,20). The Labute approximate surface area is 115 Å². The Morgan fingerprint density at radius 3 is 2.35 bits per heavy atom. The lowest BCUT2D eigenvalue weighted by molar-refractivity contribution is 0.0696. The van der Waals surface area contributed by atoms with E-state index in [4.69, 9.17) is 5.11 Å². The summed E-state index contributed by atoms with van der Waals surface area (Å²) in [5, 5.41) is 19.2. The van der Waals surface area contributed by atoms with Crippen molar-refractivity contribution in [2.75, 3.05) is 0 Å². The largest absolute Gasteiger partial charge is 0.478 e. The van der Waals surface area contributed by atoms with E-state index in [-0.39, 0.29) is 17.5 Å². The number of rotatable bonds is 4. The van der Waals surface area contributed by atoms with Crippen LogP contribution in [0.2, 0.25) is 0 Å². The number of carboxylic acids is 1. The van der Waals surface area contributed by atoms with Crippen LogP contribution >= 0.6 is 0 Å². The van der Waals surface area contributed by atoms with Crippen LogP contribution in [0.25, 0.3) is 0 Å². The van der Waals surface area contributed by atoms with Gasteiger partial charge in [0.2, 0.25) is 0 Å². The molecule has 0 aliphatic rings. The van der Waals surface area contributed by atoms with Crippen molar-refractivity contribution in [3.8, 4) is 0 Å². The molecule has 1 atom stereocenters. The number of carbonyl (C=O) groups excluding carboxylic acids is 1. The summed E-state index contributed by atoms with van der Waals surface area (Å²) in [4.78, 5) is 22.8. The van der Waals surface area contributed by atoms with Crippen LogP contribution in [0.4, 0.5) is 0 Å². The van der Waals surface area contributed by atoms with E-state index in [9.17, 15) is 9.59 Å². The molecule has 1 heterocycles. The lowest BCUT2D eigenvalue weighted by Crippen LogP contribution is -2.28. The molecule has 7 heteroatoms. The van der Waals surface area contributed by atoms with E-state index in [1.54, 1.807) is 24.9 Å². The Morgan fingerprint density at radius 2 is 1.85 bits per heavy atom. The van der Waals surface area contributed by atoms with Gasteiger partial charge >= 0.3 is 5.97 Å². The zero-order valence-electron chi connectivity index (χ0n) is 11.1. The molecule has 2 N–H and O–H groups in total. The van der Waals surface area contributed by atoms with Crippen molar-refractivity contribution in [1.29, 1.82) is 0 Å². The number of hydrogen-bond donors (Lipinski definition) is 2. The van der Waals surface area contributed by atoms with Gasteiger partial charge in [-0.05, 0) is 31.2 Å². The van der Waals surface area contributed by atoms with E-state index in [1.807, 2.05) is 0 Å². The van der Waals surface area contributed by atoms with Crippen molar-refractivity contribution in [3.05, 3.63) is 47.5 Å². The van der Waals surface area contributed by atoms with Crippen molar-refractivity contribution in [2.24, 2.45) is 7.05 Å². The maximum Gasteiger partial charge on any atom is 0.335 e. The highest BCUT2D eigenvalue weighted by atomic mass is 16.4. The summed E-state index contributed by atoms with van der Waals surface area (Å²) in [6.07, 6.45) is 1.56. The molecule has 2 rings (SSSR count). The molecule has 2 aromatic rings. The molecule has 0 bridgehead atoms. The molecule has 0 saturated carbocycles. The van der Waals surface area contributed by atoms with Gasteiger partial charge in [-0.2, -0.15) is 0 Å². The number of carbonyl (C=O) groups is 2. The van der Waals surface area contributed by atoms with Crippen LogP contribution in [0.15, 0.2) is 30.6 Å². The van der Waals surface area contributed by atoms with E-state index >= 15 is 0 Å². The number of nitrogens with zero attached hydrogens (tertiary/aromatic N) is 3. The maximum atomic E-state index is 12.0. The third-order valence-electron chi connectivity index (χ3n) is 2.88. The second-order valence-corrected chi connectivity index (χ2v) is 4.38. The lowest BCUT2D eigenvalue weighted by atomic mass is 10.1. The molecule has 0 radical (unpaired) electrons. The topological polar surface area (TPSA) is 97.1 Å². The SMILES string of the molecule is CC(NC(=O)c1ccc(C(=O)O)cc1)c1nncn1C. The second-order valence-electron chi connectivity index (χ2n) is 4.38. The van der Waals surface area contributed by atoms with E-state index < -0.39 is 5.97 Å². The molecule has 20 heavy (non-hydrogen) atoms. The number of aromatic carboxylic acids is 1. The van der Waals surface area contributed by atoms with E-state index in [1.165, 1.54) is 24.3 Å². The Hall–Kier alpha value is -2.70. The van der Waals surface area contributed by atoms with Crippen LogP contribution in [0.3, 0.4) is 0 Å². The Kier molecular flexibility index (Phi) is 3.79. The van der Waals surface area contributed by atoms with Gasteiger partial charge < -0.3 is 15.0 Å². The van der Waals surface area contributed by atoms with Gasteiger partial charge in [-0.25, -0.2) is 4.79 Å². The summed E-state index contributed by atoms with van der Waals surface area (Å²) in [5.41, 5.74) is 0.534. The molecule has 7 nitrogen and oxygen atoms in total. The van der Waals surface area contributed by atoms with E-state index in [0.29, 0.717) is 11.4 Å². The Balaban J connectivity index is 2.08. The summed E-state index contributed by atoms with van der Waals surface area (Å²) < 4.78 is 1.72. The predicted molar refractivity (Wildman–Crippen MR) is 70.3 cm³/mol. The normalized spacial score (nSPS) is 11.9. The van der Waals surface area contributed by atoms with Crippen molar-refractivity contribution >= 4 is 11.9 Å². The van der Waals surface area contributed by atoms with Crippen LogP contribution in [0, 0.1) is 0 Å². The zero-order valence-corrected chi connectivity index (χ0v) is 11.1. The van der Waals surface area contributed by atoms with Crippen LogP contribution in [0.1, 0.15) is 39.5 Å². The Morgan fingerprint density at radius 1 is 1.25 bits per heavy atom. The highest BCUT2D eigenvalue weighted by molar-refractivity contribution is 5.96. The van der Waals surface area contributed by atoms with E-state index in [2.05, 4.69) is 15.5 Å². The number of hydrogen-bond acceptors (Lipinski definition) is 4. The molecule has 0 aliphatic heterocycles. The molecule has 104 valence electrons. The monoisotopic (exact) mass is 274 g/mol. The molecule has 0 fully saturated rings. The van der Waals surface area contributed by atoms with Gasteiger partial charge in [-0.3, -0.25) is 4.79 Å². The number of carboxylic acid groups (broad SMARTS) is 1. The number of aromatic nitrogens is 3. The van der Waals surface area contributed by atoms with Gasteiger partial charge in [-0.1, -0.05) is 0 Å². The fourth-order valence-electron chi connectivity index (χ4n) is 1.79. The minimum Gasteiger partial charge on any atom is -0.478 e. The first kappa shape index (κ1) is 13.7. The van der Waals surface area contributed by atoms with Crippen molar-refractivity contribution < 1.29 is 14.7 Å². The summed E-state index contributed by atoms with van der Waals surface area (Å²) >= 11 is 0. The minimum atomic E-state index is -1.02. The molecule has 1 aromatic heterocycles. The highest BCUT2D eigenvalue weighted by Gasteiger charge is 2.15. The van der Waals surface area contributed by atoms with Gasteiger partial charge in [-0.15, -0.1) is 10.2 Å². The van der Waals surface area contributed by atoms with Crippen LogP contribution < -0.4 is 5.32 Å². The highest BCUT2D eigenvalue weighted by Crippen LogP contribution is 2.10. The smallest absolute Gasteiger partial charge is 0.335 e. The lowest BCUT2D eigenvalue weighted by Gasteiger charge is -2.13. The summed E-state index contributed by atoms with van der Waals surface area (Å²) in [6, 6.07) is 5.44. The predicted octanol–water partition coefficient (Wildman–Crippen LogP) is 1.00. The fourth-order valence-corrected chi connectivity index (χ4v) is 1.79. The van der Waals surface area contributed by atoms with Crippen LogP contribution in [-0.2, 0) is 7.05 Å². The number of aryl methyl sites for hydroxylation is 1. The van der Waals surface area contributed by atoms with Gasteiger partial charge in [0.05, 0.1) is 11.6 Å². The summed E-state index contributed by atoms with van der Waals surface area (Å²) in [7, 11) is 1.79. The quantitative estimate of drug-likeness (QED) is 0.867. The number of amides is 1. The van der Waals surface area contributed by atoms with Crippen molar-refractivity contribution in [3.63, 3.8) is 0 Å². The third kappa shape index (κ3) is 2.82. The summed E-state index contributed by atoms with van der Waals surface area (Å²) in [6.45, 7) is 1.80. The first-order valence-corrected chi connectivity index (χ1v) is 5.97. The van der Waals surface area contributed by atoms with Gasteiger partial charge in [0.25, 0.3) is 5.91 Å². The van der Waals surface area contributed by atoms with Crippen molar-refractivity contribution in [1.82, 2.24) is 20.1 Å². The van der Waals surface area contributed by atoms with Crippen LogP contribution in [-0.4, -0.2) is 31.7 Å². The molecular formula is C13H14N4O3. The second kappa shape index (κ2) is 5.52.